The van der Waals surface area contributed by atoms with Crippen molar-refractivity contribution in [2.75, 3.05) is 7.11 Å². The van der Waals surface area contributed by atoms with Gasteiger partial charge in [0.25, 0.3) is 5.91 Å². The highest BCUT2D eigenvalue weighted by Gasteiger charge is 2.32. The first-order chi connectivity index (χ1) is 14.8. The third-order valence-corrected chi connectivity index (χ3v) is 4.71. The minimum Gasteiger partial charge on any atom is -0.493 e. The van der Waals surface area contributed by atoms with Crippen LogP contribution in [0.15, 0.2) is 65.7 Å². The molecule has 1 aliphatic heterocycles. The van der Waals surface area contributed by atoms with Crippen molar-refractivity contribution in [3.05, 3.63) is 82.9 Å². The Kier molecular flexibility index (Phi) is 5.12. The van der Waals surface area contributed by atoms with E-state index in [1.165, 1.54) is 25.3 Å². The molecule has 0 saturated carbocycles. The number of amides is 1. The van der Waals surface area contributed by atoms with Crippen molar-refractivity contribution in [1.29, 1.82) is 0 Å². The van der Waals surface area contributed by atoms with Crippen LogP contribution in [0.4, 0.5) is 18.9 Å². The predicted octanol–water partition coefficient (Wildman–Crippen LogP) is 5.11. The summed E-state index contributed by atoms with van der Waals surface area (Å²) in [4.78, 5) is 16.1. The standard InChI is InChI=1S/C22H15F3N2O4/c1-30-18-4-2-3-15-19(12-5-7-13(8-6-12)21(28)27-29)26-16-11-14(22(23,24)25)9-10-17(16)31-20(15)18/h2-11,29H,1H3,(H,27,28). The van der Waals surface area contributed by atoms with Crippen molar-refractivity contribution in [3.63, 3.8) is 0 Å². The number of halogens is 3. The van der Waals surface area contributed by atoms with Crippen LogP contribution >= 0.6 is 0 Å². The number of carbonyl (C=O) groups is 1. The molecule has 0 fully saturated rings. The van der Waals surface area contributed by atoms with Crippen molar-refractivity contribution >= 4 is 17.3 Å². The molecule has 0 aliphatic carbocycles. The number of aliphatic imine (C=N–C) groups is 1. The Hall–Kier alpha value is -3.85. The second-order valence-electron chi connectivity index (χ2n) is 6.60. The molecule has 6 nitrogen and oxygen atoms in total. The number of rotatable bonds is 3. The van der Waals surface area contributed by atoms with Crippen LogP contribution in [-0.4, -0.2) is 23.9 Å². The second kappa shape index (κ2) is 7.77. The maximum atomic E-state index is 13.2. The first-order valence-electron chi connectivity index (χ1n) is 9.02. The third kappa shape index (κ3) is 3.82. The molecule has 0 spiro atoms. The van der Waals surface area contributed by atoms with Crippen LogP contribution in [0, 0.1) is 0 Å². The van der Waals surface area contributed by atoms with E-state index in [0.29, 0.717) is 28.3 Å². The number of fused-ring (bicyclic) bond motifs is 2. The smallest absolute Gasteiger partial charge is 0.416 e. The van der Waals surface area contributed by atoms with Gasteiger partial charge in [0.2, 0.25) is 0 Å². The molecule has 1 aliphatic rings. The summed E-state index contributed by atoms with van der Waals surface area (Å²) < 4.78 is 51.0. The van der Waals surface area contributed by atoms with Gasteiger partial charge in [0.15, 0.2) is 17.2 Å². The molecule has 0 aromatic heterocycles. The van der Waals surface area contributed by atoms with E-state index in [2.05, 4.69) is 4.99 Å². The highest BCUT2D eigenvalue weighted by Crippen LogP contribution is 2.45. The molecular formula is C22H15F3N2O4. The van der Waals surface area contributed by atoms with Crippen molar-refractivity contribution in [3.8, 4) is 17.2 Å². The zero-order valence-electron chi connectivity index (χ0n) is 16.0. The van der Waals surface area contributed by atoms with Crippen LogP contribution in [-0.2, 0) is 6.18 Å². The molecule has 0 radical (unpaired) electrons. The van der Waals surface area contributed by atoms with E-state index in [9.17, 15) is 18.0 Å². The van der Waals surface area contributed by atoms with E-state index in [0.717, 1.165) is 12.1 Å². The molecule has 9 heteroatoms. The van der Waals surface area contributed by atoms with Crippen LogP contribution in [0.25, 0.3) is 0 Å². The van der Waals surface area contributed by atoms with Crippen LogP contribution in [0.2, 0.25) is 0 Å². The van der Waals surface area contributed by atoms with Gasteiger partial charge in [-0.3, -0.25) is 10.0 Å². The zero-order chi connectivity index (χ0) is 22.2. The molecule has 2 N–H and O–H groups in total. The largest absolute Gasteiger partial charge is 0.493 e. The van der Waals surface area contributed by atoms with Gasteiger partial charge in [-0.2, -0.15) is 13.2 Å². The number of alkyl halides is 3. The molecular weight excluding hydrogens is 413 g/mol. The Morgan fingerprint density at radius 1 is 1.10 bits per heavy atom. The summed E-state index contributed by atoms with van der Waals surface area (Å²) in [6, 6.07) is 14.2. The van der Waals surface area contributed by atoms with Gasteiger partial charge < -0.3 is 9.47 Å². The number of hydrogen-bond acceptors (Lipinski definition) is 5. The van der Waals surface area contributed by atoms with Crippen LogP contribution in [0.3, 0.4) is 0 Å². The Morgan fingerprint density at radius 3 is 2.48 bits per heavy atom. The maximum absolute atomic E-state index is 13.2. The number of ether oxygens (including phenoxy) is 2. The minimum atomic E-state index is -4.54. The predicted molar refractivity (Wildman–Crippen MR) is 106 cm³/mol. The quantitative estimate of drug-likeness (QED) is 0.351. The van der Waals surface area contributed by atoms with Gasteiger partial charge in [0, 0.05) is 16.7 Å². The number of hydrogen-bond donors (Lipinski definition) is 2. The number of nitrogens with one attached hydrogen (secondary N) is 1. The highest BCUT2D eigenvalue weighted by atomic mass is 19.4. The molecule has 3 aromatic carbocycles. The normalized spacial score (nSPS) is 12.6. The number of benzene rings is 3. The number of nitrogens with zero attached hydrogens (tertiary/aromatic N) is 1. The maximum Gasteiger partial charge on any atom is 0.416 e. The third-order valence-electron chi connectivity index (χ3n) is 4.71. The lowest BCUT2D eigenvalue weighted by Gasteiger charge is -2.14. The van der Waals surface area contributed by atoms with Gasteiger partial charge in [-0.1, -0.05) is 18.2 Å². The average Bonchev–Trinajstić information content (AvgIpc) is 2.94. The number of para-hydroxylation sites is 1. The van der Waals surface area contributed by atoms with E-state index >= 15 is 0 Å². The van der Waals surface area contributed by atoms with E-state index in [1.54, 1.807) is 35.8 Å². The number of methoxy groups -OCH3 is 1. The Bertz CT molecular complexity index is 1190. The molecule has 158 valence electrons. The summed E-state index contributed by atoms with van der Waals surface area (Å²) in [5, 5.41) is 8.79. The van der Waals surface area contributed by atoms with Gasteiger partial charge in [-0.25, -0.2) is 10.5 Å². The number of hydroxylamine groups is 1. The molecule has 1 heterocycles. The van der Waals surface area contributed by atoms with Gasteiger partial charge in [-0.05, 0) is 42.5 Å². The van der Waals surface area contributed by atoms with Gasteiger partial charge >= 0.3 is 6.18 Å². The van der Waals surface area contributed by atoms with Crippen LogP contribution < -0.4 is 15.0 Å². The van der Waals surface area contributed by atoms with Crippen molar-refractivity contribution in [2.24, 2.45) is 4.99 Å². The fourth-order valence-electron chi connectivity index (χ4n) is 3.19. The van der Waals surface area contributed by atoms with Crippen LogP contribution in [0.1, 0.15) is 27.0 Å². The molecule has 4 rings (SSSR count). The zero-order valence-corrected chi connectivity index (χ0v) is 16.0. The summed E-state index contributed by atoms with van der Waals surface area (Å²) in [5.41, 5.74) is 2.25. The van der Waals surface area contributed by atoms with E-state index in [1.807, 2.05) is 0 Å². The van der Waals surface area contributed by atoms with Gasteiger partial charge in [0.05, 0.1) is 18.4 Å². The summed E-state index contributed by atoms with van der Waals surface area (Å²) in [6.07, 6.45) is -4.54. The lowest BCUT2D eigenvalue weighted by molar-refractivity contribution is -0.137. The Labute approximate surface area is 174 Å². The lowest BCUT2D eigenvalue weighted by atomic mass is 9.99. The Balaban J connectivity index is 1.93. The average molecular weight is 428 g/mol. The molecule has 0 saturated heterocycles. The summed E-state index contributed by atoms with van der Waals surface area (Å²) in [7, 11) is 1.45. The Morgan fingerprint density at radius 2 is 1.84 bits per heavy atom. The summed E-state index contributed by atoms with van der Waals surface area (Å²) >= 11 is 0. The van der Waals surface area contributed by atoms with Crippen molar-refractivity contribution in [2.45, 2.75) is 6.18 Å². The molecule has 1 amide bonds. The fourth-order valence-corrected chi connectivity index (χ4v) is 3.19. The molecule has 0 atom stereocenters. The molecule has 31 heavy (non-hydrogen) atoms. The highest BCUT2D eigenvalue weighted by molar-refractivity contribution is 6.16. The minimum absolute atomic E-state index is 0.000237. The molecule has 0 unspecified atom stereocenters. The SMILES string of the molecule is COc1cccc2c1Oc1ccc(C(F)(F)F)cc1N=C2c1ccc(C(=O)NO)cc1. The lowest BCUT2D eigenvalue weighted by Crippen LogP contribution is -2.18. The van der Waals surface area contributed by atoms with E-state index in [4.69, 9.17) is 14.7 Å². The van der Waals surface area contributed by atoms with Gasteiger partial charge in [0.1, 0.15) is 5.69 Å². The second-order valence-corrected chi connectivity index (χ2v) is 6.60. The fraction of sp³-hybridized carbons (Fsp3) is 0.0909. The van der Waals surface area contributed by atoms with Crippen molar-refractivity contribution < 1.29 is 32.6 Å². The van der Waals surface area contributed by atoms with Crippen LogP contribution in [0.5, 0.6) is 17.2 Å². The monoisotopic (exact) mass is 428 g/mol. The van der Waals surface area contributed by atoms with Crippen molar-refractivity contribution in [1.82, 2.24) is 5.48 Å². The van der Waals surface area contributed by atoms with Gasteiger partial charge in [-0.15, -0.1) is 0 Å². The number of carbonyl (C=O) groups excluding carboxylic acids is 1. The first-order valence-corrected chi connectivity index (χ1v) is 9.02. The summed E-state index contributed by atoms with van der Waals surface area (Å²) in [5.74, 6) is 0.138. The van der Waals surface area contributed by atoms with E-state index in [-0.39, 0.29) is 17.0 Å². The van der Waals surface area contributed by atoms with E-state index < -0.39 is 17.6 Å². The molecule has 0 bridgehead atoms. The summed E-state index contributed by atoms with van der Waals surface area (Å²) in [6.45, 7) is 0. The molecule has 3 aromatic rings. The topological polar surface area (TPSA) is 80.2 Å². The first kappa shape index (κ1) is 20.4.